The molecule has 1 aromatic rings. The second-order valence-corrected chi connectivity index (χ2v) is 6.48. The number of likely N-dealkylation sites (tertiary alicyclic amines) is 1. The molecule has 0 aliphatic carbocycles. The fourth-order valence-corrected chi connectivity index (χ4v) is 3.15. The number of nitrogens with zero attached hydrogens (tertiary/aromatic N) is 1. The number of hydrogen-bond acceptors (Lipinski definition) is 3. The summed E-state index contributed by atoms with van der Waals surface area (Å²) in [7, 11) is 0. The minimum absolute atomic E-state index is 0.244. The Balaban J connectivity index is 1.96. The summed E-state index contributed by atoms with van der Waals surface area (Å²) in [5.41, 5.74) is 0.837. The minimum atomic E-state index is 0.244. The summed E-state index contributed by atoms with van der Waals surface area (Å²) in [6, 6.07) is 8.48. The van der Waals surface area contributed by atoms with E-state index in [0.717, 1.165) is 18.0 Å². The van der Waals surface area contributed by atoms with Crippen molar-refractivity contribution in [1.29, 1.82) is 0 Å². The van der Waals surface area contributed by atoms with Crippen LogP contribution in [-0.2, 0) is 0 Å². The topological polar surface area (TPSA) is 20.3 Å². The van der Waals surface area contributed by atoms with Crippen molar-refractivity contribution in [3.8, 4) is 0 Å². The molecule has 0 saturated carbocycles. The lowest BCUT2D eigenvalue weighted by Crippen LogP contribution is -2.43. The van der Waals surface area contributed by atoms with E-state index in [1.54, 1.807) is 11.8 Å². The number of Topliss-reactive ketones (excluding diaryl/α,β-unsaturated/α-hetero) is 1. The highest BCUT2D eigenvalue weighted by atomic mass is 32.2. The molecule has 2 rings (SSSR count). The van der Waals surface area contributed by atoms with Gasteiger partial charge in [-0.1, -0.05) is 19.1 Å². The fraction of sp³-hybridized carbons (Fsp3) is 0.562. The van der Waals surface area contributed by atoms with E-state index < -0.39 is 0 Å². The van der Waals surface area contributed by atoms with Gasteiger partial charge in [-0.05, 0) is 50.6 Å². The van der Waals surface area contributed by atoms with Gasteiger partial charge in [0, 0.05) is 16.5 Å². The average molecular weight is 277 g/mol. The summed E-state index contributed by atoms with van der Waals surface area (Å²) >= 11 is 1.70. The normalized spacial score (nSPS) is 24.4. The first-order valence-electron chi connectivity index (χ1n) is 7.01. The third kappa shape index (κ3) is 3.83. The van der Waals surface area contributed by atoms with Gasteiger partial charge >= 0.3 is 0 Å². The molecular weight excluding hydrogens is 254 g/mol. The molecule has 2 unspecified atom stereocenters. The van der Waals surface area contributed by atoms with Gasteiger partial charge in [0.1, 0.15) is 0 Å². The van der Waals surface area contributed by atoms with Crippen LogP contribution in [0.3, 0.4) is 0 Å². The van der Waals surface area contributed by atoms with Crippen molar-refractivity contribution in [3.63, 3.8) is 0 Å². The molecule has 1 aromatic carbocycles. The number of carbonyl (C=O) groups is 1. The van der Waals surface area contributed by atoms with E-state index in [2.05, 4.69) is 18.7 Å². The van der Waals surface area contributed by atoms with E-state index in [1.807, 2.05) is 30.5 Å². The summed E-state index contributed by atoms with van der Waals surface area (Å²) < 4.78 is 0. The molecule has 104 valence electrons. The molecule has 0 spiro atoms. The Morgan fingerprint density at radius 1 is 1.32 bits per heavy atom. The molecule has 0 radical (unpaired) electrons. The number of rotatable bonds is 4. The van der Waals surface area contributed by atoms with Gasteiger partial charge in [0.15, 0.2) is 5.78 Å². The Bertz CT molecular complexity index is 429. The molecule has 19 heavy (non-hydrogen) atoms. The molecule has 2 nitrogen and oxygen atoms in total. The molecule has 0 N–H and O–H groups in total. The first kappa shape index (κ1) is 14.6. The van der Waals surface area contributed by atoms with Gasteiger partial charge in [-0.25, -0.2) is 0 Å². The summed E-state index contributed by atoms with van der Waals surface area (Å²) in [5.74, 6) is 1.04. The van der Waals surface area contributed by atoms with Crippen molar-refractivity contribution in [2.24, 2.45) is 5.92 Å². The lowest BCUT2D eigenvalue weighted by Gasteiger charge is -2.35. The standard InChI is InChI=1S/C16H23NOS/c1-12-8-9-17(13(2)10-12)11-16(18)14-4-6-15(19-3)7-5-14/h4-7,12-13H,8-11H2,1-3H3. The minimum Gasteiger partial charge on any atom is -0.293 e. The molecule has 3 heteroatoms. The van der Waals surface area contributed by atoms with Crippen LogP contribution in [0.15, 0.2) is 29.2 Å². The van der Waals surface area contributed by atoms with Crippen LogP contribution >= 0.6 is 11.8 Å². The molecule has 1 saturated heterocycles. The molecule has 0 bridgehead atoms. The SMILES string of the molecule is CSc1ccc(C(=O)CN2CCC(C)CC2C)cc1. The van der Waals surface area contributed by atoms with Crippen molar-refractivity contribution in [2.45, 2.75) is 37.6 Å². The van der Waals surface area contributed by atoms with Gasteiger partial charge in [0.25, 0.3) is 0 Å². The highest BCUT2D eigenvalue weighted by molar-refractivity contribution is 7.98. The van der Waals surface area contributed by atoms with E-state index in [9.17, 15) is 4.79 Å². The van der Waals surface area contributed by atoms with Crippen molar-refractivity contribution in [2.75, 3.05) is 19.3 Å². The smallest absolute Gasteiger partial charge is 0.176 e. The van der Waals surface area contributed by atoms with Gasteiger partial charge in [-0.15, -0.1) is 11.8 Å². The third-order valence-electron chi connectivity index (χ3n) is 4.03. The number of benzene rings is 1. The zero-order valence-electron chi connectivity index (χ0n) is 12.1. The maximum atomic E-state index is 12.3. The first-order valence-corrected chi connectivity index (χ1v) is 8.24. The summed E-state index contributed by atoms with van der Waals surface area (Å²) in [6.07, 6.45) is 4.47. The molecule has 2 atom stereocenters. The zero-order valence-corrected chi connectivity index (χ0v) is 12.9. The van der Waals surface area contributed by atoms with Gasteiger partial charge < -0.3 is 0 Å². The van der Waals surface area contributed by atoms with Crippen molar-refractivity contribution < 1.29 is 4.79 Å². The Morgan fingerprint density at radius 3 is 2.58 bits per heavy atom. The second kappa shape index (κ2) is 6.58. The average Bonchev–Trinajstić information content (AvgIpc) is 2.42. The summed E-state index contributed by atoms with van der Waals surface area (Å²) in [4.78, 5) is 15.8. The maximum Gasteiger partial charge on any atom is 0.176 e. The Kier molecular flexibility index (Phi) is 5.06. The van der Waals surface area contributed by atoms with Crippen molar-refractivity contribution >= 4 is 17.5 Å². The highest BCUT2D eigenvalue weighted by Crippen LogP contribution is 2.22. The van der Waals surface area contributed by atoms with Crippen LogP contribution in [0.25, 0.3) is 0 Å². The fourth-order valence-electron chi connectivity index (χ4n) is 2.74. The molecular formula is C16H23NOS. The first-order chi connectivity index (χ1) is 9.10. The van der Waals surface area contributed by atoms with Crippen LogP contribution in [0, 0.1) is 5.92 Å². The van der Waals surface area contributed by atoms with Crippen LogP contribution in [0.4, 0.5) is 0 Å². The third-order valence-corrected chi connectivity index (χ3v) is 4.78. The predicted octanol–water partition coefficient (Wildman–Crippen LogP) is 3.71. The predicted molar refractivity (Wildman–Crippen MR) is 82.0 cm³/mol. The molecule has 1 fully saturated rings. The highest BCUT2D eigenvalue weighted by Gasteiger charge is 2.24. The Labute approximate surface area is 120 Å². The van der Waals surface area contributed by atoms with Gasteiger partial charge in [0.05, 0.1) is 6.54 Å². The lowest BCUT2D eigenvalue weighted by atomic mass is 9.93. The van der Waals surface area contributed by atoms with E-state index in [0.29, 0.717) is 12.6 Å². The van der Waals surface area contributed by atoms with Crippen LogP contribution in [0.2, 0.25) is 0 Å². The second-order valence-electron chi connectivity index (χ2n) is 5.60. The molecule has 1 aliphatic rings. The maximum absolute atomic E-state index is 12.3. The lowest BCUT2D eigenvalue weighted by molar-refractivity contribution is 0.0816. The van der Waals surface area contributed by atoms with E-state index in [1.165, 1.54) is 17.7 Å². The van der Waals surface area contributed by atoms with Crippen LogP contribution in [0.5, 0.6) is 0 Å². The van der Waals surface area contributed by atoms with Crippen molar-refractivity contribution in [1.82, 2.24) is 4.90 Å². The summed E-state index contributed by atoms with van der Waals surface area (Å²) in [6.45, 7) is 6.15. The van der Waals surface area contributed by atoms with E-state index in [4.69, 9.17) is 0 Å². The molecule has 1 heterocycles. The Hall–Kier alpha value is -0.800. The molecule has 1 aliphatic heterocycles. The number of hydrogen-bond donors (Lipinski definition) is 0. The monoisotopic (exact) mass is 277 g/mol. The largest absolute Gasteiger partial charge is 0.293 e. The van der Waals surface area contributed by atoms with Crippen LogP contribution in [0.1, 0.15) is 37.0 Å². The van der Waals surface area contributed by atoms with Crippen LogP contribution in [-0.4, -0.2) is 36.1 Å². The number of ketones is 1. The number of piperidine rings is 1. The van der Waals surface area contributed by atoms with Gasteiger partial charge in [-0.3, -0.25) is 9.69 Å². The number of carbonyl (C=O) groups excluding carboxylic acids is 1. The van der Waals surface area contributed by atoms with E-state index in [-0.39, 0.29) is 5.78 Å². The zero-order chi connectivity index (χ0) is 13.8. The molecule has 0 aromatic heterocycles. The van der Waals surface area contributed by atoms with Crippen molar-refractivity contribution in [3.05, 3.63) is 29.8 Å². The van der Waals surface area contributed by atoms with Crippen LogP contribution < -0.4 is 0 Å². The van der Waals surface area contributed by atoms with Gasteiger partial charge in [-0.2, -0.15) is 0 Å². The molecule has 0 amide bonds. The quantitative estimate of drug-likeness (QED) is 0.618. The Morgan fingerprint density at radius 2 is 2.00 bits per heavy atom. The number of thioether (sulfide) groups is 1. The van der Waals surface area contributed by atoms with Gasteiger partial charge in [0.2, 0.25) is 0 Å². The van der Waals surface area contributed by atoms with E-state index >= 15 is 0 Å². The summed E-state index contributed by atoms with van der Waals surface area (Å²) in [5, 5.41) is 0.